The Balaban J connectivity index is 1.76. The lowest BCUT2D eigenvalue weighted by Crippen LogP contribution is -2.23. The first-order chi connectivity index (χ1) is 14.1. The van der Waals surface area contributed by atoms with Crippen LogP contribution in [0.15, 0.2) is 47.3 Å². The fourth-order valence-corrected chi connectivity index (χ4v) is 3.89. The summed E-state index contributed by atoms with van der Waals surface area (Å²) in [4.78, 5) is 17.8. The minimum Gasteiger partial charge on any atom is -0.496 e. The Hall–Kier alpha value is -3.39. The maximum atomic E-state index is 12.8. The van der Waals surface area contributed by atoms with Crippen LogP contribution in [-0.2, 0) is 0 Å². The number of benzene rings is 2. The average molecular weight is 409 g/mol. The van der Waals surface area contributed by atoms with Crippen molar-refractivity contribution in [1.29, 1.82) is 0 Å². The van der Waals surface area contributed by atoms with Gasteiger partial charge in [0.25, 0.3) is 5.56 Å². The van der Waals surface area contributed by atoms with E-state index in [1.165, 1.54) is 15.9 Å². The topological polar surface area (TPSA) is 75.0 Å². The van der Waals surface area contributed by atoms with E-state index in [0.717, 1.165) is 11.1 Å². The van der Waals surface area contributed by atoms with Crippen molar-refractivity contribution in [2.45, 2.75) is 6.92 Å². The van der Waals surface area contributed by atoms with E-state index in [-0.39, 0.29) is 5.56 Å². The summed E-state index contributed by atoms with van der Waals surface area (Å²) in [5.41, 5.74) is 1.36. The third-order valence-corrected chi connectivity index (χ3v) is 5.27. The summed E-state index contributed by atoms with van der Waals surface area (Å²) in [5, 5.41) is 4.38. The lowest BCUT2D eigenvalue weighted by molar-refractivity contribution is 0.311. The zero-order valence-electron chi connectivity index (χ0n) is 16.2. The molecule has 4 rings (SSSR count). The van der Waals surface area contributed by atoms with Gasteiger partial charge in [-0.3, -0.25) is 4.79 Å². The van der Waals surface area contributed by atoms with Crippen molar-refractivity contribution in [3.63, 3.8) is 0 Å². The molecule has 0 N–H and O–H groups in total. The van der Waals surface area contributed by atoms with Crippen molar-refractivity contribution in [1.82, 2.24) is 14.6 Å². The molecule has 2 aromatic heterocycles. The van der Waals surface area contributed by atoms with Crippen molar-refractivity contribution in [3.8, 4) is 28.6 Å². The van der Waals surface area contributed by atoms with Gasteiger partial charge >= 0.3 is 0 Å². The number of rotatable bonds is 6. The van der Waals surface area contributed by atoms with Crippen molar-refractivity contribution in [3.05, 3.63) is 62.9 Å². The summed E-state index contributed by atoms with van der Waals surface area (Å²) in [7, 11) is 3.18. The van der Waals surface area contributed by atoms with Gasteiger partial charge in [0.15, 0.2) is 17.3 Å². The van der Waals surface area contributed by atoms with E-state index in [9.17, 15) is 4.79 Å². The molecule has 0 fully saturated rings. The third kappa shape index (κ3) is 3.54. The Kier molecular flexibility index (Phi) is 5.18. The van der Waals surface area contributed by atoms with E-state index >= 15 is 0 Å². The molecule has 8 heteroatoms. The maximum absolute atomic E-state index is 12.8. The zero-order valence-corrected chi connectivity index (χ0v) is 17.0. The van der Waals surface area contributed by atoms with Crippen molar-refractivity contribution >= 4 is 22.4 Å². The number of aromatic nitrogens is 3. The third-order valence-electron chi connectivity index (χ3n) is 4.32. The normalized spacial score (nSPS) is 11.8. The van der Waals surface area contributed by atoms with Crippen LogP contribution in [0, 0.1) is 0 Å². The van der Waals surface area contributed by atoms with Gasteiger partial charge in [-0.1, -0.05) is 29.5 Å². The molecule has 0 saturated heterocycles. The predicted octanol–water partition coefficient (Wildman–Crippen LogP) is 2.78. The van der Waals surface area contributed by atoms with Crippen LogP contribution in [0.3, 0.4) is 0 Å². The Morgan fingerprint density at radius 2 is 1.86 bits per heavy atom. The van der Waals surface area contributed by atoms with E-state index in [0.29, 0.717) is 39.2 Å². The van der Waals surface area contributed by atoms with Crippen LogP contribution in [0.1, 0.15) is 12.5 Å². The Labute approximate surface area is 170 Å². The second-order valence-electron chi connectivity index (χ2n) is 6.09. The van der Waals surface area contributed by atoms with Gasteiger partial charge < -0.3 is 14.2 Å². The van der Waals surface area contributed by atoms with Crippen molar-refractivity contribution in [2.75, 3.05) is 20.8 Å². The molecule has 0 atom stereocenters. The van der Waals surface area contributed by atoms with Crippen LogP contribution in [-0.4, -0.2) is 35.4 Å². The molecule has 0 aliphatic carbocycles. The standard InChI is InChI=1S/C21H19N3O4S/c1-4-28-16-10-9-13(11-17(16)27-3)12-18-20(25)24-21(29-18)22-19(23-24)14-7-5-6-8-15(14)26-2/h5-12H,4H2,1-3H3. The lowest BCUT2D eigenvalue weighted by Gasteiger charge is -2.09. The first-order valence-corrected chi connectivity index (χ1v) is 9.81. The van der Waals surface area contributed by atoms with E-state index in [1.54, 1.807) is 20.3 Å². The smallest absolute Gasteiger partial charge is 0.291 e. The highest BCUT2D eigenvalue weighted by Crippen LogP contribution is 2.29. The number of nitrogens with zero attached hydrogens (tertiary/aromatic N) is 3. The number of fused-ring (bicyclic) bond motifs is 1. The Bertz CT molecular complexity index is 1280. The number of para-hydroxylation sites is 1. The van der Waals surface area contributed by atoms with Crippen LogP contribution in [0.5, 0.6) is 17.2 Å². The Morgan fingerprint density at radius 1 is 1.07 bits per heavy atom. The van der Waals surface area contributed by atoms with Crippen LogP contribution >= 0.6 is 11.3 Å². The van der Waals surface area contributed by atoms with Crippen LogP contribution in [0.25, 0.3) is 22.4 Å². The predicted molar refractivity (Wildman–Crippen MR) is 112 cm³/mol. The highest BCUT2D eigenvalue weighted by Gasteiger charge is 2.15. The van der Waals surface area contributed by atoms with Gasteiger partial charge in [-0.25, -0.2) is 0 Å². The van der Waals surface area contributed by atoms with Crippen LogP contribution in [0.2, 0.25) is 0 Å². The number of methoxy groups -OCH3 is 2. The van der Waals surface area contributed by atoms with Gasteiger partial charge in [0.05, 0.1) is 30.9 Å². The second kappa shape index (κ2) is 7.92. The van der Waals surface area contributed by atoms with Gasteiger partial charge in [-0.2, -0.15) is 9.50 Å². The van der Waals surface area contributed by atoms with Gasteiger partial charge in [0.2, 0.25) is 4.96 Å². The summed E-state index contributed by atoms with van der Waals surface area (Å²) >= 11 is 1.28. The summed E-state index contributed by atoms with van der Waals surface area (Å²) < 4.78 is 18.1. The summed E-state index contributed by atoms with van der Waals surface area (Å²) in [6.07, 6.45) is 1.80. The Morgan fingerprint density at radius 3 is 2.59 bits per heavy atom. The molecule has 0 amide bonds. The SMILES string of the molecule is CCOc1ccc(C=c2sc3nc(-c4ccccc4OC)nn3c2=O)cc1OC. The molecule has 29 heavy (non-hydrogen) atoms. The summed E-state index contributed by atoms with van der Waals surface area (Å²) in [5.74, 6) is 2.40. The average Bonchev–Trinajstić information content (AvgIpc) is 3.28. The van der Waals surface area contributed by atoms with Crippen molar-refractivity contribution < 1.29 is 14.2 Å². The fourth-order valence-electron chi connectivity index (χ4n) is 2.98. The molecule has 0 unspecified atom stereocenters. The molecular weight excluding hydrogens is 390 g/mol. The number of ether oxygens (including phenoxy) is 3. The quantitative estimate of drug-likeness (QED) is 0.488. The monoisotopic (exact) mass is 409 g/mol. The summed E-state index contributed by atoms with van der Waals surface area (Å²) in [6.45, 7) is 2.46. The van der Waals surface area contributed by atoms with Gasteiger partial charge in [-0.15, -0.1) is 5.10 Å². The zero-order chi connectivity index (χ0) is 20.4. The number of hydrogen-bond donors (Lipinski definition) is 0. The molecule has 0 saturated carbocycles. The first-order valence-electron chi connectivity index (χ1n) is 9.00. The maximum Gasteiger partial charge on any atom is 0.291 e. The molecule has 148 valence electrons. The van der Waals surface area contributed by atoms with E-state index < -0.39 is 0 Å². The van der Waals surface area contributed by atoms with Crippen LogP contribution in [0.4, 0.5) is 0 Å². The van der Waals surface area contributed by atoms with E-state index in [1.807, 2.05) is 49.4 Å². The molecule has 4 aromatic rings. The van der Waals surface area contributed by atoms with Gasteiger partial charge in [0.1, 0.15) is 5.75 Å². The minimum atomic E-state index is -0.216. The first kappa shape index (κ1) is 18.9. The number of hydrogen-bond acceptors (Lipinski definition) is 7. The molecule has 0 radical (unpaired) electrons. The minimum absolute atomic E-state index is 0.216. The summed E-state index contributed by atoms with van der Waals surface area (Å²) in [6, 6.07) is 13.0. The molecule has 0 spiro atoms. The lowest BCUT2D eigenvalue weighted by atomic mass is 10.2. The molecule has 2 heterocycles. The molecule has 0 bridgehead atoms. The largest absolute Gasteiger partial charge is 0.496 e. The molecule has 2 aromatic carbocycles. The molecule has 7 nitrogen and oxygen atoms in total. The molecule has 0 aliphatic heterocycles. The highest BCUT2D eigenvalue weighted by atomic mass is 32.1. The van der Waals surface area contributed by atoms with Crippen LogP contribution < -0.4 is 24.3 Å². The number of thiazole rings is 1. The highest BCUT2D eigenvalue weighted by molar-refractivity contribution is 7.15. The second-order valence-corrected chi connectivity index (χ2v) is 7.10. The molecule has 0 aliphatic rings. The van der Waals surface area contributed by atoms with Gasteiger partial charge in [0, 0.05) is 0 Å². The van der Waals surface area contributed by atoms with Gasteiger partial charge in [-0.05, 0) is 42.8 Å². The molecular formula is C21H19N3O4S. The van der Waals surface area contributed by atoms with E-state index in [4.69, 9.17) is 14.2 Å². The fraction of sp³-hybridized carbons (Fsp3) is 0.190. The van der Waals surface area contributed by atoms with E-state index in [2.05, 4.69) is 10.1 Å². The van der Waals surface area contributed by atoms with Crippen molar-refractivity contribution in [2.24, 2.45) is 0 Å².